The zero-order valence-electron chi connectivity index (χ0n) is 16.1. The van der Waals surface area contributed by atoms with E-state index in [4.69, 9.17) is 4.74 Å². The number of carboxylic acid groups (broad SMARTS) is 1. The van der Waals surface area contributed by atoms with Gasteiger partial charge in [-0.3, -0.25) is 9.69 Å². The summed E-state index contributed by atoms with van der Waals surface area (Å²) in [5.74, 6) is -0.166. The molecule has 1 aromatic rings. The van der Waals surface area contributed by atoms with Crippen molar-refractivity contribution in [2.24, 2.45) is 5.41 Å². The van der Waals surface area contributed by atoms with E-state index in [1.807, 2.05) is 24.3 Å². The van der Waals surface area contributed by atoms with E-state index in [-0.39, 0.29) is 11.3 Å². The Labute approximate surface area is 160 Å². The monoisotopic (exact) mass is 372 g/mol. The highest BCUT2D eigenvalue weighted by atomic mass is 16.5. The maximum Gasteiger partial charge on any atom is 0.326 e. The second kappa shape index (κ2) is 8.13. The zero-order chi connectivity index (χ0) is 19.4. The first-order valence-electron chi connectivity index (χ1n) is 9.45. The summed E-state index contributed by atoms with van der Waals surface area (Å²) < 4.78 is 5.17. The molecule has 1 unspecified atom stereocenters. The number of amides is 1. The maximum atomic E-state index is 11.8. The van der Waals surface area contributed by atoms with Gasteiger partial charge in [0.05, 0.1) is 7.11 Å². The average molecular weight is 372 g/mol. The molecule has 0 aliphatic carbocycles. The number of carbonyl (C=O) groups is 2. The summed E-state index contributed by atoms with van der Waals surface area (Å²) in [6.45, 7) is 4.79. The number of ether oxygens (including phenoxy) is 1. The van der Waals surface area contributed by atoms with Gasteiger partial charge < -0.3 is 14.7 Å². The Kier molecular flexibility index (Phi) is 5.85. The molecule has 27 heavy (non-hydrogen) atoms. The van der Waals surface area contributed by atoms with E-state index >= 15 is 0 Å². The van der Waals surface area contributed by atoms with Crippen LogP contribution in [0.4, 0.5) is 0 Å². The molecule has 1 spiro atoms. The molecule has 2 heterocycles. The number of nitrogens with zero attached hydrogens (tertiary/aromatic N) is 2. The van der Waals surface area contributed by atoms with Crippen LogP contribution in [0.25, 0.3) is 6.08 Å². The fourth-order valence-electron chi connectivity index (χ4n) is 4.23. The molecule has 2 fully saturated rings. The fraction of sp³-hybridized carbons (Fsp3) is 0.524. The third kappa shape index (κ3) is 4.50. The van der Waals surface area contributed by atoms with Crippen molar-refractivity contribution in [2.45, 2.75) is 32.2 Å². The van der Waals surface area contributed by atoms with Crippen molar-refractivity contribution in [1.82, 2.24) is 9.80 Å². The molecule has 2 aliphatic heterocycles. The second-order valence-electron chi connectivity index (χ2n) is 7.68. The minimum atomic E-state index is -0.882. The van der Waals surface area contributed by atoms with Crippen LogP contribution in [-0.2, 0) is 9.59 Å². The number of benzene rings is 1. The van der Waals surface area contributed by atoms with Gasteiger partial charge in [0.25, 0.3) is 0 Å². The highest BCUT2D eigenvalue weighted by Gasteiger charge is 2.48. The molecule has 0 aromatic heterocycles. The standard InChI is InChI=1S/C21H28N2O4/c1-16(24)23-15-21(14-19(23)20(25)26)9-12-22(13-10-21)11-3-4-17-5-7-18(27-2)8-6-17/h3-8,19H,9-15H2,1-2H3,(H,25,26). The van der Waals surface area contributed by atoms with E-state index in [2.05, 4.69) is 17.1 Å². The molecule has 146 valence electrons. The van der Waals surface area contributed by atoms with Crippen LogP contribution in [0.2, 0.25) is 0 Å². The van der Waals surface area contributed by atoms with Gasteiger partial charge in [-0.1, -0.05) is 24.3 Å². The highest BCUT2D eigenvalue weighted by molar-refractivity contribution is 5.83. The van der Waals surface area contributed by atoms with Crippen LogP contribution < -0.4 is 4.74 Å². The lowest BCUT2D eigenvalue weighted by Gasteiger charge is -2.38. The van der Waals surface area contributed by atoms with Gasteiger partial charge in [0, 0.05) is 20.0 Å². The molecule has 2 aliphatic rings. The first kappa shape index (κ1) is 19.4. The molecule has 0 saturated carbocycles. The number of hydrogen-bond donors (Lipinski definition) is 1. The molecule has 1 amide bonds. The summed E-state index contributed by atoms with van der Waals surface area (Å²) >= 11 is 0. The summed E-state index contributed by atoms with van der Waals surface area (Å²) in [6, 6.07) is 7.29. The van der Waals surface area contributed by atoms with Gasteiger partial charge in [0.2, 0.25) is 5.91 Å². The van der Waals surface area contributed by atoms with Gasteiger partial charge in [-0.15, -0.1) is 0 Å². The normalized spacial score (nSPS) is 22.4. The van der Waals surface area contributed by atoms with Crippen LogP contribution in [0.3, 0.4) is 0 Å². The first-order chi connectivity index (χ1) is 12.9. The molecular formula is C21H28N2O4. The Balaban J connectivity index is 1.52. The summed E-state index contributed by atoms with van der Waals surface area (Å²) in [6.07, 6.45) is 6.74. The third-order valence-corrected chi connectivity index (χ3v) is 5.90. The summed E-state index contributed by atoms with van der Waals surface area (Å²) in [7, 11) is 1.66. The van der Waals surface area contributed by atoms with E-state index in [0.29, 0.717) is 13.0 Å². The average Bonchev–Trinajstić information content (AvgIpc) is 3.04. The third-order valence-electron chi connectivity index (χ3n) is 5.90. The Morgan fingerprint density at radius 2 is 1.93 bits per heavy atom. The molecule has 1 aromatic carbocycles. The Bertz CT molecular complexity index is 681. The van der Waals surface area contributed by atoms with Crippen molar-refractivity contribution < 1.29 is 19.4 Å². The van der Waals surface area contributed by atoms with E-state index in [1.165, 1.54) is 6.92 Å². The van der Waals surface area contributed by atoms with Crippen molar-refractivity contribution in [3.8, 4) is 5.75 Å². The number of hydrogen-bond acceptors (Lipinski definition) is 4. The van der Waals surface area contributed by atoms with Gasteiger partial charge in [0.15, 0.2) is 0 Å². The van der Waals surface area contributed by atoms with Gasteiger partial charge in [-0.2, -0.15) is 0 Å². The lowest BCUT2D eigenvalue weighted by molar-refractivity contribution is -0.147. The molecule has 2 saturated heterocycles. The number of aliphatic carboxylic acids is 1. The smallest absolute Gasteiger partial charge is 0.326 e. The van der Waals surface area contributed by atoms with Gasteiger partial charge in [0.1, 0.15) is 11.8 Å². The molecule has 0 bridgehead atoms. The maximum absolute atomic E-state index is 11.8. The largest absolute Gasteiger partial charge is 0.497 e. The number of carbonyl (C=O) groups excluding carboxylic acids is 1. The van der Waals surface area contributed by atoms with Crippen LogP contribution in [-0.4, -0.2) is 66.1 Å². The van der Waals surface area contributed by atoms with Crippen LogP contribution >= 0.6 is 0 Å². The zero-order valence-corrected chi connectivity index (χ0v) is 16.1. The fourth-order valence-corrected chi connectivity index (χ4v) is 4.23. The molecule has 0 radical (unpaired) electrons. The van der Waals surface area contributed by atoms with Crippen molar-refractivity contribution in [2.75, 3.05) is 33.3 Å². The predicted molar refractivity (Wildman–Crippen MR) is 104 cm³/mol. The van der Waals surface area contributed by atoms with Crippen LogP contribution in [0.1, 0.15) is 31.7 Å². The molecule has 3 rings (SSSR count). The van der Waals surface area contributed by atoms with E-state index in [0.717, 1.165) is 43.8 Å². The van der Waals surface area contributed by atoms with Crippen molar-refractivity contribution in [1.29, 1.82) is 0 Å². The minimum absolute atomic E-state index is 0.0368. The van der Waals surface area contributed by atoms with Crippen LogP contribution in [0.5, 0.6) is 5.75 Å². The van der Waals surface area contributed by atoms with Gasteiger partial charge in [-0.25, -0.2) is 4.79 Å². The quantitative estimate of drug-likeness (QED) is 0.860. The first-order valence-corrected chi connectivity index (χ1v) is 9.45. The number of piperidine rings is 1. The number of likely N-dealkylation sites (tertiary alicyclic amines) is 2. The Morgan fingerprint density at radius 3 is 2.44 bits per heavy atom. The Morgan fingerprint density at radius 1 is 1.26 bits per heavy atom. The van der Waals surface area contributed by atoms with Crippen LogP contribution in [0.15, 0.2) is 30.3 Å². The summed E-state index contributed by atoms with van der Waals surface area (Å²) in [5.41, 5.74) is 1.10. The van der Waals surface area contributed by atoms with Crippen molar-refractivity contribution in [3.05, 3.63) is 35.9 Å². The Hall–Kier alpha value is -2.34. The highest BCUT2D eigenvalue weighted by Crippen LogP contribution is 2.43. The molecule has 1 atom stereocenters. The van der Waals surface area contributed by atoms with E-state index < -0.39 is 12.0 Å². The van der Waals surface area contributed by atoms with Crippen molar-refractivity contribution >= 4 is 18.0 Å². The predicted octanol–water partition coefficient (Wildman–Crippen LogP) is 2.50. The minimum Gasteiger partial charge on any atom is -0.497 e. The lowest BCUT2D eigenvalue weighted by Crippen LogP contribution is -2.42. The summed E-state index contributed by atoms with van der Waals surface area (Å²) in [5, 5.41) is 9.43. The molecule has 6 nitrogen and oxygen atoms in total. The second-order valence-corrected chi connectivity index (χ2v) is 7.68. The SMILES string of the molecule is COc1ccc(C=CCN2CCC3(CC2)CC(C(=O)O)N(C(C)=O)C3)cc1. The van der Waals surface area contributed by atoms with Crippen molar-refractivity contribution in [3.63, 3.8) is 0 Å². The number of carboxylic acids is 1. The lowest BCUT2D eigenvalue weighted by atomic mass is 9.76. The molecule has 1 N–H and O–H groups in total. The number of rotatable bonds is 5. The topological polar surface area (TPSA) is 70.1 Å². The van der Waals surface area contributed by atoms with Crippen LogP contribution in [0, 0.1) is 5.41 Å². The van der Waals surface area contributed by atoms with Gasteiger partial charge >= 0.3 is 5.97 Å². The molecular weight excluding hydrogens is 344 g/mol. The van der Waals surface area contributed by atoms with Gasteiger partial charge in [-0.05, 0) is 55.5 Å². The molecule has 6 heteroatoms. The van der Waals surface area contributed by atoms with E-state index in [1.54, 1.807) is 12.0 Å². The number of methoxy groups -OCH3 is 1. The summed E-state index contributed by atoms with van der Waals surface area (Å²) in [4.78, 5) is 27.2. The van der Waals surface area contributed by atoms with E-state index in [9.17, 15) is 14.7 Å².